The number of nitrogens with one attached hydrogen (secondary N) is 3. The Hall–Kier alpha value is -6.71. The van der Waals surface area contributed by atoms with Gasteiger partial charge in [0.05, 0.1) is 28.1 Å². The normalized spacial score (nSPS) is 19.7. The summed E-state index contributed by atoms with van der Waals surface area (Å²) in [6, 6.07) is 11.5. The number of amides is 4. The first kappa shape index (κ1) is 42.6. The van der Waals surface area contributed by atoms with Crippen LogP contribution in [0.1, 0.15) is 55.9 Å². The van der Waals surface area contributed by atoms with E-state index >= 15 is 13.2 Å². The Balaban J connectivity index is 0.804. The van der Waals surface area contributed by atoms with Gasteiger partial charge < -0.3 is 14.6 Å². The summed E-state index contributed by atoms with van der Waals surface area (Å²) >= 11 is 0. The number of nitrogens with zero attached hydrogens (tertiary/aromatic N) is 5. The van der Waals surface area contributed by atoms with E-state index in [2.05, 4.69) is 20.2 Å². The molecule has 0 bridgehead atoms. The maximum absolute atomic E-state index is 15.7. The summed E-state index contributed by atoms with van der Waals surface area (Å²) in [6.45, 7) is 2.31. The van der Waals surface area contributed by atoms with Gasteiger partial charge in [-0.05, 0) is 60.9 Å². The lowest BCUT2D eigenvalue weighted by atomic mass is 10.00. The van der Waals surface area contributed by atoms with Gasteiger partial charge in [0.15, 0.2) is 5.82 Å². The van der Waals surface area contributed by atoms with Gasteiger partial charge in [-0.3, -0.25) is 43.8 Å². The highest BCUT2D eigenvalue weighted by molar-refractivity contribution is 7.90. The number of anilines is 2. The molecule has 2 aromatic heterocycles. The minimum Gasteiger partial charge on any atom is -0.492 e. The zero-order chi connectivity index (χ0) is 45.0. The molecule has 1 unspecified atom stereocenters. The molecule has 0 saturated carbocycles. The van der Waals surface area contributed by atoms with E-state index in [0.29, 0.717) is 56.2 Å². The minimum absolute atomic E-state index is 0.00417. The number of fused-ring (bicyclic) bond motifs is 2. The molecule has 5 aromatic rings. The molecule has 6 heterocycles. The number of piperidine rings is 1. The molecule has 4 aliphatic heterocycles. The van der Waals surface area contributed by atoms with Crippen molar-refractivity contribution >= 4 is 62.0 Å². The van der Waals surface area contributed by atoms with Crippen LogP contribution in [0.5, 0.6) is 5.75 Å². The second kappa shape index (κ2) is 16.8. The summed E-state index contributed by atoms with van der Waals surface area (Å²) in [4.78, 5) is 76.0. The maximum atomic E-state index is 15.7. The molecule has 0 radical (unpaired) electrons. The Kier molecular flexibility index (Phi) is 11.2. The molecule has 3 saturated heterocycles. The fraction of sp³-hybridized carbons (Fsp3) is 0.302. The number of H-pyrrole nitrogens is 1. The quantitative estimate of drug-likeness (QED) is 0.0924. The van der Waals surface area contributed by atoms with Crippen LogP contribution in [-0.2, 0) is 19.8 Å². The number of halogens is 4. The summed E-state index contributed by atoms with van der Waals surface area (Å²) in [5.74, 6) is -6.51. The molecular formula is C43H38F4N8O8S. The topological polar surface area (TPSA) is 194 Å². The first-order valence-corrected chi connectivity index (χ1v) is 21.8. The number of benzene rings is 3. The van der Waals surface area contributed by atoms with Crippen LogP contribution in [0.25, 0.3) is 22.2 Å². The standard InChI is InChI=1S/C43H38F4N8O8S/c44-25-9-10-54(22-25)64(61,62)51-33-6-5-31(45)37(38(33)47)39(57)30-21-49-40-27(30)17-24(20-48-40)23-1-3-26(4-2-23)63-16-15-52-11-13-53(14-12-52)35-19-29-28(18-32(35)46)42(59)55(43(29)60)34-7-8-36(56)50-41(34)58/h1-6,17-21,25,34,51H,7-16,22H2,(H,48,49)(H,50,56,58)/t25-,34?/m1/s1. The average molecular weight is 903 g/mol. The largest absolute Gasteiger partial charge is 0.492 e. The van der Waals surface area contributed by atoms with Crippen molar-refractivity contribution in [1.29, 1.82) is 0 Å². The molecule has 16 nitrogen and oxygen atoms in total. The lowest BCUT2D eigenvalue weighted by molar-refractivity contribution is -0.136. The van der Waals surface area contributed by atoms with Crippen molar-refractivity contribution in [3.8, 4) is 16.9 Å². The monoisotopic (exact) mass is 902 g/mol. The number of hydrogen-bond donors (Lipinski definition) is 3. The van der Waals surface area contributed by atoms with Crippen LogP contribution in [0.4, 0.5) is 28.9 Å². The zero-order valence-electron chi connectivity index (χ0n) is 33.7. The number of carbonyl (C=O) groups is 5. The number of hydrogen-bond acceptors (Lipinski definition) is 11. The number of ketones is 1. The number of imide groups is 2. The van der Waals surface area contributed by atoms with Gasteiger partial charge in [-0.2, -0.15) is 12.7 Å². The third-order valence-corrected chi connectivity index (χ3v) is 13.3. The van der Waals surface area contributed by atoms with Crippen LogP contribution in [0, 0.1) is 17.5 Å². The molecule has 3 N–H and O–H groups in total. The van der Waals surface area contributed by atoms with Crippen molar-refractivity contribution in [2.24, 2.45) is 0 Å². The van der Waals surface area contributed by atoms with Crippen molar-refractivity contribution in [3.05, 3.63) is 107 Å². The van der Waals surface area contributed by atoms with E-state index < -0.39 is 87.1 Å². The highest BCUT2D eigenvalue weighted by Crippen LogP contribution is 2.34. The molecule has 64 heavy (non-hydrogen) atoms. The van der Waals surface area contributed by atoms with E-state index in [1.165, 1.54) is 12.3 Å². The molecule has 0 aliphatic carbocycles. The third-order valence-electron chi connectivity index (χ3n) is 11.9. The Bertz CT molecular complexity index is 2870. The van der Waals surface area contributed by atoms with E-state index in [1.807, 2.05) is 4.72 Å². The molecule has 21 heteroatoms. The minimum atomic E-state index is -4.38. The molecule has 4 amide bonds. The van der Waals surface area contributed by atoms with Gasteiger partial charge in [0.25, 0.3) is 11.8 Å². The summed E-state index contributed by atoms with van der Waals surface area (Å²) < 4.78 is 94.2. The van der Waals surface area contributed by atoms with Crippen LogP contribution >= 0.6 is 0 Å². The van der Waals surface area contributed by atoms with Gasteiger partial charge in [0.1, 0.15) is 41.9 Å². The smallest absolute Gasteiger partial charge is 0.301 e. The van der Waals surface area contributed by atoms with Gasteiger partial charge in [-0.25, -0.2) is 22.5 Å². The Labute approximate surface area is 362 Å². The third kappa shape index (κ3) is 7.94. The number of alkyl halides is 1. The number of aromatic nitrogens is 2. The number of aromatic amines is 1. The van der Waals surface area contributed by atoms with Gasteiger partial charge >= 0.3 is 10.2 Å². The molecule has 0 spiro atoms. The predicted molar refractivity (Wildman–Crippen MR) is 222 cm³/mol. The molecular weight excluding hydrogens is 865 g/mol. The van der Waals surface area contributed by atoms with E-state index in [0.717, 1.165) is 27.4 Å². The number of pyridine rings is 1. The zero-order valence-corrected chi connectivity index (χ0v) is 34.5. The summed E-state index contributed by atoms with van der Waals surface area (Å²) in [7, 11) is -4.38. The first-order chi connectivity index (χ1) is 30.7. The van der Waals surface area contributed by atoms with Gasteiger partial charge in [-0.1, -0.05) is 12.1 Å². The number of piperazine rings is 1. The highest BCUT2D eigenvalue weighted by Gasteiger charge is 2.45. The van der Waals surface area contributed by atoms with Crippen molar-refractivity contribution < 1.29 is 54.7 Å². The van der Waals surface area contributed by atoms with E-state index in [4.69, 9.17) is 4.74 Å². The number of rotatable bonds is 12. The Morgan fingerprint density at radius 1 is 0.875 bits per heavy atom. The summed E-state index contributed by atoms with van der Waals surface area (Å²) in [5, 5.41) is 2.41. The van der Waals surface area contributed by atoms with Crippen LogP contribution in [-0.4, -0.2) is 127 Å². The van der Waals surface area contributed by atoms with E-state index in [1.54, 1.807) is 41.4 Å². The van der Waals surface area contributed by atoms with Gasteiger partial charge in [0.2, 0.25) is 17.6 Å². The molecule has 2 atom stereocenters. The average Bonchev–Trinajstić information content (AvgIpc) is 3.98. The Morgan fingerprint density at radius 3 is 2.31 bits per heavy atom. The molecule has 4 aliphatic rings. The maximum Gasteiger partial charge on any atom is 0.301 e. The van der Waals surface area contributed by atoms with Crippen molar-refractivity contribution in [2.45, 2.75) is 31.5 Å². The van der Waals surface area contributed by atoms with Gasteiger partial charge in [-0.15, -0.1) is 0 Å². The van der Waals surface area contributed by atoms with E-state index in [9.17, 15) is 36.8 Å². The van der Waals surface area contributed by atoms with Crippen LogP contribution < -0.4 is 19.7 Å². The molecule has 9 rings (SSSR count). The first-order valence-electron chi connectivity index (χ1n) is 20.3. The Morgan fingerprint density at radius 2 is 1.61 bits per heavy atom. The highest BCUT2D eigenvalue weighted by atomic mass is 32.2. The second-order valence-corrected chi connectivity index (χ2v) is 17.5. The van der Waals surface area contributed by atoms with E-state index in [-0.39, 0.29) is 59.2 Å². The van der Waals surface area contributed by atoms with Gasteiger partial charge in [0, 0.05) is 81.1 Å². The fourth-order valence-electron chi connectivity index (χ4n) is 8.40. The second-order valence-electron chi connectivity index (χ2n) is 15.8. The number of carbonyl (C=O) groups excluding carboxylic acids is 5. The van der Waals surface area contributed by atoms with Crippen LogP contribution in [0.3, 0.4) is 0 Å². The SMILES string of the molecule is O=C1CCC(N2C(=O)c3cc(F)c(N4CCN(CCOc5ccc(-c6cnc7[nH]cc(C(=O)c8c(F)ccc(NS(=O)(=O)N9CC[C@@H](F)C9)c8F)c7c6)cc5)CC4)cc3C2=O)C(=O)N1. The molecule has 332 valence electrons. The lowest BCUT2D eigenvalue weighted by Crippen LogP contribution is -2.54. The predicted octanol–water partition coefficient (Wildman–Crippen LogP) is 4.18. The van der Waals surface area contributed by atoms with Crippen LogP contribution in [0.2, 0.25) is 0 Å². The molecule has 3 aromatic carbocycles. The van der Waals surface area contributed by atoms with Crippen molar-refractivity contribution in [1.82, 2.24) is 29.4 Å². The van der Waals surface area contributed by atoms with Crippen molar-refractivity contribution in [2.75, 3.05) is 62.0 Å². The fourth-order valence-corrected chi connectivity index (χ4v) is 9.67. The summed E-state index contributed by atoms with van der Waals surface area (Å²) in [6.07, 6.45) is 1.40. The van der Waals surface area contributed by atoms with Crippen molar-refractivity contribution in [3.63, 3.8) is 0 Å². The summed E-state index contributed by atoms with van der Waals surface area (Å²) in [5.41, 5.74) is -0.170. The number of ether oxygens (including phenoxy) is 1. The lowest BCUT2D eigenvalue weighted by Gasteiger charge is -2.36. The molecule has 3 fully saturated rings. The van der Waals surface area contributed by atoms with Crippen LogP contribution in [0.15, 0.2) is 67.0 Å².